The van der Waals surface area contributed by atoms with E-state index in [2.05, 4.69) is 38.0 Å². The van der Waals surface area contributed by atoms with Gasteiger partial charge in [-0.15, -0.1) is 6.58 Å². The third-order valence-electron chi connectivity index (χ3n) is 13.9. The number of rotatable bonds is 24. The first-order chi connectivity index (χ1) is 37.7. The molecule has 8 rings (SSSR count). The van der Waals surface area contributed by atoms with Crippen LogP contribution in [0.25, 0.3) is 0 Å². The molecule has 5 aromatic carbocycles. The number of nitrogens with two attached hydrogens (primary N) is 2. The molecular weight excluding hydrogens is 999 g/mol. The molecule has 9 N–H and O–H groups in total. The van der Waals surface area contributed by atoms with Crippen molar-refractivity contribution in [1.29, 1.82) is 0 Å². The SMILES string of the molecule is C=C[C@@H]1Cc2ccccc2N1C(=O)c1cc(OC)c(OCc2cc(COc3cc4c(cc3OC)C(=O)N3c5ccccc5C[C@H]3CN4)cc(NC(=O)[C@H](C)NC(=O)[C@H](C)NC(=O)CCCCC(=O)NCCCON)c2)cc1N. The highest BCUT2D eigenvalue weighted by molar-refractivity contribution is 6.13. The molecule has 20 heteroatoms. The van der Waals surface area contributed by atoms with Gasteiger partial charge in [-0.2, -0.15) is 0 Å². The second kappa shape index (κ2) is 25.5. The van der Waals surface area contributed by atoms with E-state index in [1.165, 1.54) is 34.1 Å². The summed E-state index contributed by atoms with van der Waals surface area (Å²) in [6, 6.07) is 25.0. The van der Waals surface area contributed by atoms with Crippen LogP contribution in [0, 0.1) is 0 Å². The third kappa shape index (κ3) is 13.0. The van der Waals surface area contributed by atoms with E-state index in [9.17, 15) is 28.8 Å². The molecule has 3 heterocycles. The Bertz CT molecular complexity index is 3080. The average Bonchev–Trinajstić information content (AvgIpc) is 4.10. The maximum absolute atomic E-state index is 14.2. The highest BCUT2D eigenvalue weighted by Gasteiger charge is 2.38. The van der Waals surface area contributed by atoms with Crippen LogP contribution in [0.3, 0.4) is 0 Å². The van der Waals surface area contributed by atoms with Crippen molar-refractivity contribution in [2.45, 2.75) is 96.2 Å². The lowest BCUT2D eigenvalue weighted by atomic mass is 10.1. The third-order valence-corrected chi connectivity index (χ3v) is 13.9. The molecule has 4 atom stereocenters. The van der Waals surface area contributed by atoms with E-state index in [-0.39, 0.29) is 84.5 Å². The van der Waals surface area contributed by atoms with Gasteiger partial charge in [0.15, 0.2) is 23.0 Å². The van der Waals surface area contributed by atoms with E-state index >= 15 is 0 Å². The summed E-state index contributed by atoms with van der Waals surface area (Å²) in [6.07, 6.45) is 4.94. The minimum absolute atomic E-state index is 0.0257. The summed E-state index contributed by atoms with van der Waals surface area (Å²) in [4.78, 5) is 88.0. The normalized spacial score (nSPS) is 15.7. The summed E-state index contributed by atoms with van der Waals surface area (Å²) in [7, 11) is 2.96. The van der Waals surface area contributed by atoms with Gasteiger partial charge in [-0.3, -0.25) is 28.8 Å². The molecule has 3 aliphatic rings. The fraction of sp³-hybridized carbons (Fsp3) is 0.345. The Morgan fingerprint density at radius 3 is 2.06 bits per heavy atom. The molecule has 0 saturated heterocycles. The van der Waals surface area contributed by atoms with Crippen LogP contribution < -0.4 is 67.0 Å². The predicted molar refractivity (Wildman–Crippen MR) is 296 cm³/mol. The maximum Gasteiger partial charge on any atom is 0.261 e. The molecule has 78 heavy (non-hydrogen) atoms. The zero-order valence-electron chi connectivity index (χ0n) is 44.3. The number of hydrogen-bond donors (Lipinski definition) is 7. The lowest BCUT2D eigenvalue weighted by molar-refractivity contribution is -0.130. The van der Waals surface area contributed by atoms with Gasteiger partial charge in [0.2, 0.25) is 23.6 Å². The predicted octanol–water partition coefficient (Wildman–Crippen LogP) is 6.10. The van der Waals surface area contributed by atoms with Crippen LogP contribution in [0.5, 0.6) is 23.0 Å². The summed E-state index contributed by atoms with van der Waals surface area (Å²) in [6.45, 7) is 8.20. The van der Waals surface area contributed by atoms with Crippen molar-refractivity contribution in [3.63, 3.8) is 0 Å². The molecule has 0 unspecified atom stereocenters. The van der Waals surface area contributed by atoms with Crippen molar-refractivity contribution in [1.82, 2.24) is 16.0 Å². The van der Waals surface area contributed by atoms with E-state index in [4.69, 9.17) is 30.6 Å². The van der Waals surface area contributed by atoms with Gasteiger partial charge in [0, 0.05) is 60.8 Å². The Kier molecular flexibility index (Phi) is 18.2. The molecule has 0 fully saturated rings. The first-order valence-corrected chi connectivity index (χ1v) is 26.0. The number of carbonyl (C=O) groups excluding carboxylic acids is 6. The van der Waals surface area contributed by atoms with E-state index in [1.54, 1.807) is 41.3 Å². The summed E-state index contributed by atoms with van der Waals surface area (Å²) in [5.41, 5.74) is 13.4. The number of ether oxygens (including phenoxy) is 4. The number of hydrogen-bond acceptors (Lipinski definition) is 14. The Morgan fingerprint density at radius 1 is 0.756 bits per heavy atom. The summed E-state index contributed by atoms with van der Waals surface area (Å²) >= 11 is 0. The van der Waals surface area contributed by atoms with Crippen LogP contribution in [-0.2, 0) is 50.1 Å². The number of amides is 6. The van der Waals surface area contributed by atoms with Crippen molar-refractivity contribution in [2.75, 3.05) is 60.1 Å². The molecule has 0 aliphatic carbocycles. The van der Waals surface area contributed by atoms with E-state index in [1.807, 2.05) is 59.5 Å². The quantitative estimate of drug-likeness (QED) is 0.0159. The second-order valence-electron chi connectivity index (χ2n) is 19.4. The van der Waals surface area contributed by atoms with E-state index in [0.717, 1.165) is 28.9 Å². The fourth-order valence-electron chi connectivity index (χ4n) is 9.84. The van der Waals surface area contributed by atoms with Crippen molar-refractivity contribution in [3.8, 4) is 23.0 Å². The van der Waals surface area contributed by atoms with Gasteiger partial charge in [0.05, 0.1) is 49.7 Å². The number of para-hydroxylation sites is 2. The molecular formula is C58H67N9O11. The number of benzene rings is 5. The first kappa shape index (κ1) is 55.6. The van der Waals surface area contributed by atoms with Crippen molar-refractivity contribution in [3.05, 3.63) is 137 Å². The molecule has 6 amide bonds. The highest BCUT2D eigenvalue weighted by Crippen LogP contribution is 2.42. The number of nitrogens with one attached hydrogen (secondary N) is 5. The Balaban J connectivity index is 0.968. The van der Waals surface area contributed by atoms with Crippen LogP contribution in [0.2, 0.25) is 0 Å². The minimum atomic E-state index is -1.04. The Hall–Kier alpha value is -8.62. The molecule has 0 saturated carbocycles. The highest BCUT2D eigenvalue weighted by atomic mass is 16.6. The van der Waals surface area contributed by atoms with Gasteiger partial charge in [-0.25, -0.2) is 5.90 Å². The zero-order chi connectivity index (χ0) is 55.5. The number of methoxy groups -OCH3 is 2. The van der Waals surface area contributed by atoms with Crippen molar-refractivity contribution in [2.24, 2.45) is 5.90 Å². The molecule has 0 aromatic heterocycles. The lowest BCUT2D eigenvalue weighted by Crippen LogP contribution is -2.50. The molecule has 0 spiro atoms. The van der Waals surface area contributed by atoms with Gasteiger partial charge in [-0.1, -0.05) is 42.5 Å². The molecule has 0 radical (unpaired) electrons. The second-order valence-corrected chi connectivity index (χ2v) is 19.4. The van der Waals surface area contributed by atoms with Crippen LogP contribution >= 0.6 is 0 Å². The summed E-state index contributed by atoms with van der Waals surface area (Å²) < 4.78 is 24.3. The number of unbranched alkanes of at least 4 members (excludes halogenated alkanes) is 1. The van der Waals surface area contributed by atoms with Crippen LogP contribution in [0.15, 0.2) is 104 Å². The molecule has 20 nitrogen and oxygen atoms in total. The standard InChI is InChI=1S/C58H67N9O11/c1-6-41-25-38-14-7-9-16-47(38)66(41)57(72)43-27-49(74-4)51(29-45(43)59)76-32-36-22-37(33-77-52-30-46-44(28-50(52)75-5)58(73)67-42(31-62-46)26-39-15-8-10-17-48(39)67)24-40(23-36)65-56(71)35(3)64-55(70)34(2)63-54(69)19-12-11-18-53(68)61-20-13-21-78-60/h6-10,14-17,22-24,27-30,34-35,41-42,62H,1,11-13,18-21,25-26,31-33,59-60H2,2-5H3,(H,61,68)(H,63,69)(H,64,70)(H,65,71)/t34-,35-,41+,42-/m0/s1. The number of fused-ring (bicyclic) bond motifs is 5. The number of nitrogen functional groups attached to an aromatic ring is 1. The fourth-order valence-corrected chi connectivity index (χ4v) is 9.84. The Labute approximate surface area is 453 Å². The van der Waals surface area contributed by atoms with Crippen LogP contribution in [0.1, 0.15) is 88.9 Å². The van der Waals surface area contributed by atoms with Gasteiger partial charge < -0.3 is 65.9 Å². The molecule has 5 aromatic rings. The molecule has 410 valence electrons. The number of nitrogens with zero attached hydrogens (tertiary/aromatic N) is 2. The lowest BCUT2D eigenvalue weighted by Gasteiger charge is -2.24. The topological polar surface area (TPSA) is 267 Å². The molecule has 0 bridgehead atoms. The summed E-state index contributed by atoms with van der Waals surface area (Å²) in [5, 5.41) is 14.4. The first-order valence-electron chi connectivity index (χ1n) is 26.0. The van der Waals surface area contributed by atoms with Crippen LogP contribution in [-0.4, -0.2) is 93.5 Å². The molecule has 3 aliphatic heterocycles. The van der Waals surface area contributed by atoms with Gasteiger partial charge >= 0.3 is 0 Å². The van der Waals surface area contributed by atoms with Gasteiger partial charge in [-0.05, 0) is 111 Å². The monoisotopic (exact) mass is 1070 g/mol. The minimum Gasteiger partial charge on any atom is -0.493 e. The maximum atomic E-state index is 14.2. The number of carbonyl (C=O) groups is 6. The van der Waals surface area contributed by atoms with Crippen molar-refractivity contribution >= 4 is 63.9 Å². The van der Waals surface area contributed by atoms with Gasteiger partial charge in [0.1, 0.15) is 25.3 Å². The number of anilines is 5. The Morgan fingerprint density at radius 2 is 1.38 bits per heavy atom. The van der Waals surface area contributed by atoms with Gasteiger partial charge in [0.25, 0.3) is 11.8 Å². The van der Waals surface area contributed by atoms with Crippen LogP contribution in [0.4, 0.5) is 28.4 Å². The summed E-state index contributed by atoms with van der Waals surface area (Å²) in [5.74, 6) is 4.11. The average molecular weight is 1070 g/mol. The zero-order valence-corrected chi connectivity index (χ0v) is 44.3. The largest absolute Gasteiger partial charge is 0.493 e. The van der Waals surface area contributed by atoms with Crippen molar-refractivity contribution < 1.29 is 52.6 Å². The van der Waals surface area contributed by atoms with E-state index in [0.29, 0.717) is 84.9 Å². The smallest absolute Gasteiger partial charge is 0.261 e. The van der Waals surface area contributed by atoms with E-state index < -0.39 is 23.9 Å².